The minimum Gasteiger partial charge on any atom is -0.455 e. The van der Waals surface area contributed by atoms with Crippen molar-refractivity contribution < 1.29 is 8.83 Å². The molecule has 0 aliphatic heterocycles. The first-order valence-corrected chi connectivity index (χ1v) is 17.1. The quantitative estimate of drug-likeness (QED) is 0.180. The van der Waals surface area contributed by atoms with Gasteiger partial charge in [0, 0.05) is 32.8 Å². The van der Waals surface area contributed by atoms with Crippen molar-refractivity contribution in [2.75, 3.05) is 0 Å². The molecule has 232 valence electrons. The second kappa shape index (κ2) is 10.4. The van der Waals surface area contributed by atoms with Gasteiger partial charge in [-0.1, -0.05) is 152 Å². The number of furan rings is 2. The zero-order chi connectivity index (χ0) is 32.8. The number of fused-ring (bicyclic) bond motifs is 4. The van der Waals surface area contributed by atoms with Crippen LogP contribution in [0.2, 0.25) is 0 Å². The number of rotatable bonds is 4. The van der Waals surface area contributed by atoms with Gasteiger partial charge in [-0.15, -0.1) is 0 Å². The van der Waals surface area contributed by atoms with E-state index in [0.717, 1.165) is 60.9 Å². The molecule has 0 saturated carbocycles. The Morgan fingerprint density at radius 3 is 1.64 bits per heavy atom. The lowest BCUT2D eigenvalue weighted by molar-refractivity contribution is 0.632. The maximum atomic E-state index is 6.75. The molecule has 0 atom stereocenters. The first-order valence-electron chi connectivity index (χ1n) is 17.1. The van der Waals surface area contributed by atoms with Crippen molar-refractivity contribution in [3.8, 4) is 44.7 Å². The van der Waals surface area contributed by atoms with Crippen LogP contribution in [0, 0.1) is 0 Å². The highest BCUT2D eigenvalue weighted by Crippen LogP contribution is 2.47. The molecule has 2 nitrogen and oxygen atoms in total. The van der Waals surface area contributed by atoms with E-state index in [9.17, 15) is 0 Å². The molecule has 0 aliphatic rings. The molecule has 0 radical (unpaired) electrons. The minimum absolute atomic E-state index is 0.839. The summed E-state index contributed by atoms with van der Waals surface area (Å²) in [5, 5.41) is 11.0. The third-order valence-electron chi connectivity index (χ3n) is 10.5. The summed E-state index contributed by atoms with van der Waals surface area (Å²) in [4.78, 5) is 0. The van der Waals surface area contributed by atoms with E-state index in [2.05, 4.69) is 152 Å². The Bertz CT molecular complexity index is 3090. The second-order valence-corrected chi connectivity index (χ2v) is 13.2. The van der Waals surface area contributed by atoms with Gasteiger partial charge < -0.3 is 8.83 Å². The van der Waals surface area contributed by atoms with E-state index in [1.807, 2.05) is 18.2 Å². The van der Waals surface area contributed by atoms with Gasteiger partial charge in [-0.05, 0) is 72.8 Å². The van der Waals surface area contributed by atoms with Gasteiger partial charge in [0.25, 0.3) is 0 Å². The van der Waals surface area contributed by atoms with Gasteiger partial charge in [-0.3, -0.25) is 0 Å². The third kappa shape index (κ3) is 3.90. The maximum absolute atomic E-state index is 6.75. The largest absolute Gasteiger partial charge is 0.455 e. The Labute approximate surface area is 287 Å². The van der Waals surface area contributed by atoms with Gasteiger partial charge in [-0.2, -0.15) is 0 Å². The number of hydrogen-bond donors (Lipinski definition) is 0. The summed E-state index contributed by atoms with van der Waals surface area (Å²) in [7, 11) is 0. The van der Waals surface area contributed by atoms with Crippen molar-refractivity contribution in [2.45, 2.75) is 0 Å². The maximum Gasteiger partial charge on any atom is 0.143 e. The highest BCUT2D eigenvalue weighted by atomic mass is 16.3. The van der Waals surface area contributed by atoms with E-state index < -0.39 is 0 Å². The van der Waals surface area contributed by atoms with Crippen LogP contribution in [0.3, 0.4) is 0 Å². The predicted octanol–water partition coefficient (Wildman–Crippen LogP) is 13.9. The molecule has 11 rings (SSSR count). The Morgan fingerprint density at radius 1 is 0.320 bits per heavy atom. The molecule has 11 aromatic rings. The van der Waals surface area contributed by atoms with Gasteiger partial charge >= 0.3 is 0 Å². The standard InChI is InChI=1S/C48H28O2/c1-2-10-29(11-3-1)34-24-20-30-23-27-38-35(25-21-31-22-26-37(34)44(30)45(31)38)32-12-8-13-33(28-32)47-46(40-15-5-7-19-43(40)49-47)41-17-9-16-39-36-14-4-6-18-42(36)50-48(39)41/h1-28H. The average Bonchev–Trinajstić information content (AvgIpc) is 3.76. The lowest BCUT2D eigenvalue weighted by Crippen LogP contribution is -1.90. The molecule has 0 spiro atoms. The van der Waals surface area contributed by atoms with E-state index in [4.69, 9.17) is 8.83 Å². The lowest BCUT2D eigenvalue weighted by atomic mass is 9.87. The van der Waals surface area contributed by atoms with Gasteiger partial charge in [-0.25, -0.2) is 0 Å². The molecule has 50 heavy (non-hydrogen) atoms. The summed E-state index contributed by atoms with van der Waals surface area (Å²) in [6, 6.07) is 60.7. The molecule has 2 heterocycles. The van der Waals surface area contributed by atoms with Crippen LogP contribution in [0.4, 0.5) is 0 Å². The lowest BCUT2D eigenvalue weighted by Gasteiger charge is -2.17. The molecular weight excluding hydrogens is 609 g/mol. The van der Waals surface area contributed by atoms with Crippen molar-refractivity contribution in [1.29, 1.82) is 0 Å². The van der Waals surface area contributed by atoms with Crippen molar-refractivity contribution in [3.05, 3.63) is 170 Å². The molecular formula is C48H28O2. The summed E-state index contributed by atoms with van der Waals surface area (Å²) in [5.74, 6) is 0.839. The SMILES string of the molecule is c1ccc(-c2ccc3ccc4c(-c5cccc(-c6oc7ccccc7c6-c6cccc7c6oc6ccccc67)c5)ccc5ccc2c3c54)cc1. The molecule has 0 aliphatic carbocycles. The summed E-state index contributed by atoms with van der Waals surface area (Å²) in [5.41, 5.74) is 10.6. The predicted molar refractivity (Wildman–Crippen MR) is 209 cm³/mol. The van der Waals surface area contributed by atoms with E-state index >= 15 is 0 Å². The van der Waals surface area contributed by atoms with Crippen LogP contribution >= 0.6 is 0 Å². The topological polar surface area (TPSA) is 26.3 Å². The first-order chi connectivity index (χ1) is 24.8. The van der Waals surface area contributed by atoms with Crippen molar-refractivity contribution >= 4 is 65.2 Å². The fraction of sp³-hybridized carbons (Fsp3) is 0. The number of hydrogen-bond acceptors (Lipinski definition) is 2. The van der Waals surface area contributed by atoms with Gasteiger partial charge in [0.15, 0.2) is 0 Å². The van der Waals surface area contributed by atoms with E-state index in [1.54, 1.807) is 0 Å². The van der Waals surface area contributed by atoms with E-state index in [-0.39, 0.29) is 0 Å². The number of benzene rings is 9. The zero-order valence-electron chi connectivity index (χ0n) is 27.0. The van der Waals surface area contributed by atoms with E-state index in [1.165, 1.54) is 49.0 Å². The Morgan fingerprint density at radius 2 is 0.880 bits per heavy atom. The fourth-order valence-electron chi connectivity index (χ4n) is 8.21. The summed E-state index contributed by atoms with van der Waals surface area (Å²) in [6.07, 6.45) is 0. The fourth-order valence-corrected chi connectivity index (χ4v) is 8.21. The second-order valence-electron chi connectivity index (χ2n) is 13.2. The summed E-state index contributed by atoms with van der Waals surface area (Å²) < 4.78 is 13.3. The van der Waals surface area contributed by atoms with Crippen LogP contribution in [-0.4, -0.2) is 0 Å². The minimum atomic E-state index is 0.839. The molecule has 2 heteroatoms. The summed E-state index contributed by atoms with van der Waals surface area (Å²) >= 11 is 0. The van der Waals surface area contributed by atoms with Gasteiger partial charge in [0.1, 0.15) is 22.5 Å². The smallest absolute Gasteiger partial charge is 0.143 e. The van der Waals surface area contributed by atoms with Crippen molar-refractivity contribution in [3.63, 3.8) is 0 Å². The van der Waals surface area contributed by atoms with Crippen molar-refractivity contribution in [1.82, 2.24) is 0 Å². The first kappa shape index (κ1) is 27.3. The highest BCUT2D eigenvalue weighted by molar-refractivity contribution is 6.27. The van der Waals surface area contributed by atoms with Crippen LogP contribution in [0.25, 0.3) is 110 Å². The molecule has 0 bridgehead atoms. The normalized spacial score (nSPS) is 12.0. The molecule has 2 aromatic heterocycles. The number of para-hydroxylation sites is 3. The van der Waals surface area contributed by atoms with Crippen LogP contribution in [-0.2, 0) is 0 Å². The van der Waals surface area contributed by atoms with Gasteiger partial charge in [0.2, 0.25) is 0 Å². The highest BCUT2D eigenvalue weighted by Gasteiger charge is 2.22. The van der Waals surface area contributed by atoms with Gasteiger partial charge in [0.05, 0.1) is 0 Å². The zero-order valence-corrected chi connectivity index (χ0v) is 27.0. The molecule has 0 amide bonds. The van der Waals surface area contributed by atoms with Crippen molar-refractivity contribution in [2.24, 2.45) is 0 Å². The Balaban J connectivity index is 1.13. The van der Waals surface area contributed by atoms with Crippen LogP contribution in [0.5, 0.6) is 0 Å². The Hall–Kier alpha value is -6.64. The van der Waals surface area contributed by atoms with Crippen LogP contribution in [0.1, 0.15) is 0 Å². The monoisotopic (exact) mass is 636 g/mol. The van der Waals surface area contributed by atoms with E-state index in [0.29, 0.717) is 0 Å². The van der Waals surface area contributed by atoms with Crippen LogP contribution < -0.4 is 0 Å². The average molecular weight is 637 g/mol. The Kier molecular flexibility index (Phi) is 5.70. The molecule has 0 N–H and O–H groups in total. The molecule has 9 aromatic carbocycles. The molecule has 0 fully saturated rings. The summed E-state index contributed by atoms with van der Waals surface area (Å²) in [6.45, 7) is 0. The van der Waals surface area contributed by atoms with Crippen LogP contribution in [0.15, 0.2) is 179 Å². The molecule has 0 unspecified atom stereocenters. The molecule has 0 saturated heterocycles. The third-order valence-corrected chi connectivity index (χ3v) is 10.5.